The van der Waals surface area contributed by atoms with E-state index in [1.165, 1.54) is 7.11 Å². The number of hydrogen-bond donors (Lipinski definition) is 0. The molecule has 0 unspecified atom stereocenters. The standard InChI is InChI=1S/C18H19NO6/c1-19-15-6-11(20)3-4-17(15)12-7-14-13(23-9-24-14)5-10(12)8-25-18(17,22-2)16(19)21/h5,7,15H,3-4,6,8-9H2,1-2H3/t15-,17-,18+/m0/s1. The van der Waals surface area contributed by atoms with E-state index in [9.17, 15) is 9.59 Å². The first-order valence-electron chi connectivity index (χ1n) is 8.44. The Morgan fingerprint density at radius 3 is 2.76 bits per heavy atom. The summed E-state index contributed by atoms with van der Waals surface area (Å²) in [7, 11) is 3.23. The van der Waals surface area contributed by atoms with Crippen LogP contribution in [-0.2, 0) is 31.1 Å². The molecule has 4 aliphatic rings. The van der Waals surface area contributed by atoms with Crippen molar-refractivity contribution in [1.29, 1.82) is 0 Å². The number of likely N-dealkylation sites (N-methyl/N-ethyl adjacent to an activating group) is 1. The Labute approximate surface area is 144 Å². The molecular weight excluding hydrogens is 326 g/mol. The van der Waals surface area contributed by atoms with Gasteiger partial charge in [0.1, 0.15) is 5.78 Å². The lowest BCUT2D eigenvalue weighted by atomic mass is 9.61. The highest BCUT2D eigenvalue weighted by Gasteiger charge is 2.73. The number of likely N-dealkylation sites (tertiary alicyclic amines) is 1. The van der Waals surface area contributed by atoms with Crippen LogP contribution in [0, 0.1) is 0 Å². The monoisotopic (exact) mass is 345 g/mol. The molecule has 0 N–H and O–H groups in total. The second-order valence-corrected chi connectivity index (χ2v) is 7.12. The van der Waals surface area contributed by atoms with Crippen LogP contribution in [0.1, 0.15) is 30.4 Å². The van der Waals surface area contributed by atoms with E-state index in [0.29, 0.717) is 30.8 Å². The minimum absolute atomic E-state index is 0.162. The zero-order chi connectivity index (χ0) is 17.4. The first-order chi connectivity index (χ1) is 12.0. The van der Waals surface area contributed by atoms with Crippen molar-refractivity contribution >= 4 is 11.7 Å². The van der Waals surface area contributed by atoms with Crippen molar-refractivity contribution in [3.8, 4) is 11.5 Å². The number of nitrogens with zero attached hydrogens (tertiary/aromatic N) is 1. The Hall–Kier alpha value is -2.12. The maximum absolute atomic E-state index is 13.1. The third-order valence-corrected chi connectivity index (χ3v) is 6.24. The van der Waals surface area contributed by atoms with Crippen molar-refractivity contribution in [3.05, 3.63) is 23.3 Å². The van der Waals surface area contributed by atoms with Gasteiger partial charge in [0.25, 0.3) is 11.7 Å². The molecule has 132 valence electrons. The van der Waals surface area contributed by atoms with Crippen LogP contribution in [0.15, 0.2) is 12.1 Å². The highest BCUT2D eigenvalue weighted by molar-refractivity contribution is 5.93. The molecule has 1 saturated carbocycles. The number of hydrogen-bond acceptors (Lipinski definition) is 6. The van der Waals surface area contributed by atoms with E-state index in [4.69, 9.17) is 18.9 Å². The van der Waals surface area contributed by atoms with Gasteiger partial charge in [-0.15, -0.1) is 0 Å². The molecule has 1 aliphatic carbocycles. The van der Waals surface area contributed by atoms with E-state index in [0.717, 1.165) is 11.1 Å². The van der Waals surface area contributed by atoms with E-state index in [-0.39, 0.29) is 31.1 Å². The second-order valence-electron chi connectivity index (χ2n) is 7.12. The summed E-state index contributed by atoms with van der Waals surface area (Å²) < 4.78 is 22.9. The molecule has 5 rings (SSSR count). The van der Waals surface area contributed by atoms with E-state index in [2.05, 4.69) is 0 Å². The van der Waals surface area contributed by atoms with Crippen LogP contribution >= 0.6 is 0 Å². The SMILES string of the molecule is CO[C@]12OCc3cc4c(cc3[C@]13CCC(=O)C[C@@H]3N(C)C2=O)OCO4. The summed E-state index contributed by atoms with van der Waals surface area (Å²) in [5.41, 5.74) is 1.20. The lowest BCUT2D eigenvalue weighted by molar-refractivity contribution is -0.256. The third-order valence-electron chi connectivity index (χ3n) is 6.24. The van der Waals surface area contributed by atoms with Gasteiger partial charge in [-0.25, -0.2) is 0 Å². The molecule has 1 saturated heterocycles. The van der Waals surface area contributed by atoms with E-state index in [1.807, 2.05) is 12.1 Å². The minimum atomic E-state index is -1.40. The molecule has 2 fully saturated rings. The van der Waals surface area contributed by atoms with Crippen LogP contribution in [0.2, 0.25) is 0 Å². The average Bonchev–Trinajstić information content (AvgIpc) is 3.15. The van der Waals surface area contributed by atoms with Gasteiger partial charge in [-0.2, -0.15) is 0 Å². The zero-order valence-electron chi connectivity index (χ0n) is 14.2. The number of carbonyl (C=O) groups excluding carboxylic acids is 2. The van der Waals surface area contributed by atoms with E-state index < -0.39 is 11.2 Å². The summed E-state index contributed by atoms with van der Waals surface area (Å²) in [6.45, 7) is 0.435. The topological polar surface area (TPSA) is 74.3 Å². The Kier molecular flexibility index (Phi) is 2.87. The number of benzene rings is 1. The molecule has 1 spiro atoms. The normalized spacial score (nSPS) is 35.4. The molecule has 0 radical (unpaired) electrons. The van der Waals surface area contributed by atoms with Gasteiger partial charge in [-0.3, -0.25) is 9.59 Å². The number of ketones is 1. The van der Waals surface area contributed by atoms with Crippen molar-refractivity contribution in [2.75, 3.05) is 21.0 Å². The van der Waals surface area contributed by atoms with Crippen molar-refractivity contribution in [2.45, 2.75) is 43.1 Å². The van der Waals surface area contributed by atoms with E-state index >= 15 is 0 Å². The zero-order valence-corrected chi connectivity index (χ0v) is 14.2. The second kappa shape index (κ2) is 4.74. The Morgan fingerprint density at radius 1 is 1.24 bits per heavy atom. The predicted octanol–water partition coefficient (Wildman–Crippen LogP) is 1.12. The number of ether oxygens (including phenoxy) is 4. The molecule has 1 aromatic rings. The fraction of sp³-hybridized carbons (Fsp3) is 0.556. The first kappa shape index (κ1) is 15.2. The molecule has 3 atom stereocenters. The van der Waals surface area contributed by atoms with Crippen molar-refractivity contribution < 1.29 is 28.5 Å². The highest BCUT2D eigenvalue weighted by atomic mass is 16.7. The van der Waals surface area contributed by atoms with E-state index in [1.54, 1.807) is 11.9 Å². The van der Waals surface area contributed by atoms with Gasteiger partial charge in [0.15, 0.2) is 11.5 Å². The van der Waals surface area contributed by atoms with Crippen LogP contribution in [0.25, 0.3) is 0 Å². The molecule has 3 aliphatic heterocycles. The third kappa shape index (κ3) is 1.58. The number of Topliss-reactive ketones (excluding diaryl/α,β-unsaturated/α-hetero) is 1. The maximum Gasteiger partial charge on any atom is 0.284 e. The lowest BCUT2D eigenvalue weighted by Gasteiger charge is -2.50. The van der Waals surface area contributed by atoms with Crippen molar-refractivity contribution in [3.63, 3.8) is 0 Å². The van der Waals surface area contributed by atoms with Crippen molar-refractivity contribution in [2.24, 2.45) is 0 Å². The van der Waals surface area contributed by atoms with Gasteiger partial charge >= 0.3 is 0 Å². The first-order valence-corrected chi connectivity index (χ1v) is 8.44. The number of carbonyl (C=O) groups is 2. The number of methoxy groups -OCH3 is 1. The summed E-state index contributed by atoms with van der Waals surface area (Å²) in [5, 5.41) is 0. The summed E-state index contributed by atoms with van der Waals surface area (Å²) in [6.07, 6.45) is 1.22. The molecule has 0 aromatic heterocycles. The molecule has 1 amide bonds. The molecule has 1 aromatic carbocycles. The summed E-state index contributed by atoms with van der Waals surface area (Å²) in [6, 6.07) is 3.58. The number of amides is 1. The lowest BCUT2D eigenvalue weighted by Crippen LogP contribution is -2.62. The molecule has 25 heavy (non-hydrogen) atoms. The molecule has 3 heterocycles. The number of rotatable bonds is 1. The Balaban J connectivity index is 1.79. The quantitative estimate of drug-likeness (QED) is 0.759. The van der Waals surface area contributed by atoms with Crippen LogP contribution in [0.5, 0.6) is 11.5 Å². The highest BCUT2D eigenvalue weighted by Crippen LogP contribution is 2.59. The van der Waals surface area contributed by atoms with Crippen LogP contribution < -0.4 is 9.47 Å². The molecule has 0 bridgehead atoms. The molecular formula is C18H19NO6. The average molecular weight is 345 g/mol. The molecule has 7 heteroatoms. The fourth-order valence-electron chi connectivity index (χ4n) is 5.12. The van der Waals surface area contributed by atoms with Crippen LogP contribution in [-0.4, -0.2) is 49.4 Å². The Morgan fingerprint density at radius 2 is 2.00 bits per heavy atom. The smallest absolute Gasteiger partial charge is 0.284 e. The van der Waals surface area contributed by atoms with Crippen molar-refractivity contribution in [1.82, 2.24) is 4.90 Å². The van der Waals surface area contributed by atoms with Crippen LogP contribution in [0.3, 0.4) is 0 Å². The van der Waals surface area contributed by atoms with Gasteiger partial charge in [-0.1, -0.05) is 0 Å². The van der Waals surface area contributed by atoms with Gasteiger partial charge in [0, 0.05) is 27.0 Å². The predicted molar refractivity (Wildman–Crippen MR) is 84.2 cm³/mol. The van der Waals surface area contributed by atoms with Gasteiger partial charge in [0.2, 0.25) is 6.79 Å². The van der Waals surface area contributed by atoms with Gasteiger partial charge in [0.05, 0.1) is 18.1 Å². The summed E-state index contributed by atoms with van der Waals surface area (Å²) >= 11 is 0. The number of fused-ring (bicyclic) bond motifs is 2. The fourth-order valence-corrected chi connectivity index (χ4v) is 5.12. The minimum Gasteiger partial charge on any atom is -0.454 e. The molecule has 7 nitrogen and oxygen atoms in total. The van der Waals surface area contributed by atoms with Gasteiger partial charge in [-0.05, 0) is 29.7 Å². The Bertz CT molecular complexity index is 807. The van der Waals surface area contributed by atoms with Crippen LogP contribution in [0.4, 0.5) is 0 Å². The summed E-state index contributed by atoms with van der Waals surface area (Å²) in [5.74, 6) is -0.108. The summed E-state index contributed by atoms with van der Waals surface area (Å²) in [4.78, 5) is 26.9. The van der Waals surface area contributed by atoms with Gasteiger partial charge < -0.3 is 23.8 Å². The maximum atomic E-state index is 13.1. The largest absolute Gasteiger partial charge is 0.454 e.